The largest absolute Gasteiger partial charge is 0.495 e. The van der Waals surface area contributed by atoms with E-state index in [-0.39, 0.29) is 17.2 Å². The fourth-order valence-electron chi connectivity index (χ4n) is 1.72. The van der Waals surface area contributed by atoms with Crippen molar-refractivity contribution in [2.24, 2.45) is 0 Å². The number of rotatable bonds is 5. The first-order valence-corrected chi connectivity index (χ1v) is 8.24. The monoisotopic (exact) mass is 345 g/mol. The third-order valence-corrected chi connectivity index (χ3v) is 4.70. The molecule has 0 radical (unpaired) electrons. The average molecular weight is 346 g/mol. The molecule has 0 aliphatic heterocycles. The predicted octanol–water partition coefficient (Wildman–Crippen LogP) is 3.48. The molecule has 1 N–H and O–H groups in total. The summed E-state index contributed by atoms with van der Waals surface area (Å²) in [6.07, 6.45) is 0. The van der Waals surface area contributed by atoms with E-state index in [9.17, 15) is 8.42 Å². The van der Waals surface area contributed by atoms with Gasteiger partial charge >= 0.3 is 0 Å². The maximum Gasteiger partial charge on any atom is 0.244 e. The summed E-state index contributed by atoms with van der Waals surface area (Å²) in [7, 11) is -2.32. The molecular weight excluding hydrogens is 333 g/mol. The van der Waals surface area contributed by atoms with Crippen molar-refractivity contribution in [3.05, 3.63) is 58.1 Å². The van der Waals surface area contributed by atoms with Crippen LogP contribution in [0.15, 0.2) is 47.4 Å². The van der Waals surface area contributed by atoms with Crippen LogP contribution >= 0.6 is 23.2 Å². The minimum absolute atomic E-state index is 0.00598. The summed E-state index contributed by atoms with van der Waals surface area (Å²) in [6, 6.07) is 11.3. The van der Waals surface area contributed by atoms with Gasteiger partial charge in [-0.05, 0) is 35.9 Å². The molecule has 2 rings (SSSR count). The van der Waals surface area contributed by atoms with Gasteiger partial charge in [0.2, 0.25) is 10.0 Å². The van der Waals surface area contributed by atoms with Crippen molar-refractivity contribution < 1.29 is 13.2 Å². The van der Waals surface area contributed by atoms with Gasteiger partial charge in [0, 0.05) is 16.6 Å². The Morgan fingerprint density at radius 3 is 2.29 bits per heavy atom. The zero-order chi connectivity index (χ0) is 15.5. The molecule has 0 heterocycles. The second-order valence-electron chi connectivity index (χ2n) is 4.25. The van der Waals surface area contributed by atoms with Crippen LogP contribution in [0.3, 0.4) is 0 Å². The second kappa shape index (κ2) is 6.66. The van der Waals surface area contributed by atoms with Crippen molar-refractivity contribution in [1.29, 1.82) is 0 Å². The van der Waals surface area contributed by atoms with Crippen molar-refractivity contribution in [2.45, 2.75) is 11.4 Å². The smallest absolute Gasteiger partial charge is 0.244 e. The number of sulfonamides is 1. The molecule has 0 aromatic heterocycles. The van der Waals surface area contributed by atoms with Crippen LogP contribution in [0.2, 0.25) is 10.0 Å². The van der Waals surface area contributed by atoms with E-state index in [4.69, 9.17) is 27.9 Å². The van der Waals surface area contributed by atoms with Gasteiger partial charge in [-0.15, -0.1) is 0 Å². The maximum atomic E-state index is 12.3. The third kappa shape index (κ3) is 4.11. The Balaban J connectivity index is 2.22. The molecule has 7 heteroatoms. The van der Waals surface area contributed by atoms with Crippen molar-refractivity contribution in [1.82, 2.24) is 4.72 Å². The van der Waals surface area contributed by atoms with E-state index < -0.39 is 10.0 Å². The number of hydrogen-bond acceptors (Lipinski definition) is 3. The molecule has 0 aliphatic rings. The highest BCUT2D eigenvalue weighted by Gasteiger charge is 2.19. The molecule has 0 amide bonds. The predicted molar refractivity (Wildman–Crippen MR) is 83.5 cm³/mol. The van der Waals surface area contributed by atoms with E-state index in [2.05, 4.69) is 4.72 Å². The summed E-state index contributed by atoms with van der Waals surface area (Å²) < 4.78 is 32.2. The molecule has 112 valence electrons. The minimum atomic E-state index is -3.73. The summed E-state index contributed by atoms with van der Waals surface area (Å²) in [5, 5.41) is 0.917. The Labute approximate surface area is 133 Å². The summed E-state index contributed by atoms with van der Waals surface area (Å²) in [6.45, 7) is 0.148. The van der Waals surface area contributed by atoms with Crippen LogP contribution in [0.4, 0.5) is 0 Å². The lowest BCUT2D eigenvalue weighted by atomic mass is 10.2. The first-order chi connectivity index (χ1) is 9.92. The zero-order valence-corrected chi connectivity index (χ0v) is 13.5. The zero-order valence-electron chi connectivity index (χ0n) is 11.1. The molecule has 0 aliphatic carbocycles. The SMILES string of the molecule is COc1ccc(Cl)cc1S(=O)(=O)NCc1ccc(Cl)cc1. The van der Waals surface area contributed by atoms with Crippen LogP contribution in [-0.2, 0) is 16.6 Å². The molecule has 2 aromatic carbocycles. The Bertz CT molecular complexity index is 730. The first kappa shape index (κ1) is 16.1. The van der Waals surface area contributed by atoms with Gasteiger partial charge < -0.3 is 4.74 Å². The normalized spacial score (nSPS) is 11.4. The fraction of sp³-hybridized carbons (Fsp3) is 0.143. The lowest BCUT2D eigenvalue weighted by Crippen LogP contribution is -2.23. The van der Waals surface area contributed by atoms with Crippen LogP contribution in [0.1, 0.15) is 5.56 Å². The van der Waals surface area contributed by atoms with Gasteiger partial charge in [-0.25, -0.2) is 13.1 Å². The fourth-order valence-corrected chi connectivity index (χ4v) is 3.29. The van der Waals surface area contributed by atoms with Gasteiger partial charge in [-0.1, -0.05) is 35.3 Å². The molecule has 0 saturated heterocycles. The minimum Gasteiger partial charge on any atom is -0.495 e. The van der Waals surface area contributed by atoms with Gasteiger partial charge in [0.05, 0.1) is 7.11 Å². The van der Waals surface area contributed by atoms with Crippen LogP contribution in [0.25, 0.3) is 0 Å². The lowest BCUT2D eigenvalue weighted by Gasteiger charge is -2.11. The van der Waals surface area contributed by atoms with Gasteiger partial charge in [-0.2, -0.15) is 0 Å². The van der Waals surface area contributed by atoms with Gasteiger partial charge in [0.1, 0.15) is 10.6 Å². The van der Waals surface area contributed by atoms with Crippen LogP contribution in [0, 0.1) is 0 Å². The highest BCUT2D eigenvalue weighted by Crippen LogP contribution is 2.27. The molecule has 0 bridgehead atoms. The Kier molecular flexibility index (Phi) is 5.11. The van der Waals surface area contributed by atoms with Gasteiger partial charge in [0.25, 0.3) is 0 Å². The number of methoxy groups -OCH3 is 1. The first-order valence-electron chi connectivity index (χ1n) is 6.00. The number of nitrogens with one attached hydrogen (secondary N) is 1. The summed E-state index contributed by atoms with van der Waals surface area (Å²) in [4.78, 5) is 0.00598. The topological polar surface area (TPSA) is 55.4 Å². The third-order valence-electron chi connectivity index (χ3n) is 2.79. The molecule has 0 atom stereocenters. The van der Waals surface area contributed by atoms with E-state index >= 15 is 0 Å². The van der Waals surface area contributed by atoms with E-state index in [1.165, 1.54) is 19.2 Å². The van der Waals surface area contributed by atoms with Gasteiger partial charge in [-0.3, -0.25) is 0 Å². The van der Waals surface area contributed by atoms with Crippen molar-refractivity contribution >= 4 is 33.2 Å². The maximum absolute atomic E-state index is 12.3. The molecule has 0 fully saturated rings. The van der Waals surface area contributed by atoms with E-state index in [1.54, 1.807) is 30.3 Å². The standard InChI is InChI=1S/C14H13Cl2NO3S/c1-20-13-7-6-12(16)8-14(13)21(18,19)17-9-10-2-4-11(15)5-3-10/h2-8,17H,9H2,1H3. The molecule has 0 unspecified atom stereocenters. The molecular formula is C14H13Cl2NO3S. The number of ether oxygens (including phenoxy) is 1. The van der Waals surface area contributed by atoms with E-state index in [1.807, 2.05) is 0 Å². The molecule has 21 heavy (non-hydrogen) atoms. The van der Waals surface area contributed by atoms with Crippen LogP contribution in [-0.4, -0.2) is 15.5 Å². The summed E-state index contributed by atoms with van der Waals surface area (Å²) in [5.41, 5.74) is 0.795. The summed E-state index contributed by atoms with van der Waals surface area (Å²) >= 11 is 11.6. The van der Waals surface area contributed by atoms with Crippen LogP contribution < -0.4 is 9.46 Å². The number of hydrogen-bond donors (Lipinski definition) is 1. The Morgan fingerprint density at radius 2 is 1.67 bits per heavy atom. The quantitative estimate of drug-likeness (QED) is 0.902. The molecule has 0 saturated carbocycles. The lowest BCUT2D eigenvalue weighted by molar-refractivity contribution is 0.402. The Morgan fingerprint density at radius 1 is 1.05 bits per heavy atom. The number of benzene rings is 2. The van der Waals surface area contributed by atoms with E-state index in [0.717, 1.165) is 5.56 Å². The summed E-state index contributed by atoms with van der Waals surface area (Å²) in [5.74, 6) is 0.239. The van der Waals surface area contributed by atoms with Crippen molar-refractivity contribution in [3.8, 4) is 5.75 Å². The molecule has 0 spiro atoms. The van der Waals surface area contributed by atoms with E-state index in [0.29, 0.717) is 10.0 Å². The number of halogens is 2. The highest BCUT2D eigenvalue weighted by molar-refractivity contribution is 7.89. The highest BCUT2D eigenvalue weighted by atomic mass is 35.5. The van der Waals surface area contributed by atoms with Crippen molar-refractivity contribution in [3.63, 3.8) is 0 Å². The second-order valence-corrected chi connectivity index (χ2v) is 6.85. The molecule has 4 nitrogen and oxygen atoms in total. The average Bonchev–Trinajstić information content (AvgIpc) is 2.47. The van der Waals surface area contributed by atoms with Gasteiger partial charge in [0.15, 0.2) is 0 Å². The van der Waals surface area contributed by atoms with Crippen molar-refractivity contribution in [2.75, 3.05) is 7.11 Å². The molecule has 2 aromatic rings. The van der Waals surface area contributed by atoms with Crippen LogP contribution in [0.5, 0.6) is 5.75 Å². The Hall–Kier alpha value is -1.27.